The van der Waals surface area contributed by atoms with Crippen molar-refractivity contribution in [3.05, 3.63) is 35.5 Å². The summed E-state index contributed by atoms with van der Waals surface area (Å²) < 4.78 is 5.36. The van der Waals surface area contributed by atoms with Crippen LogP contribution in [0.5, 0.6) is 0 Å². The second-order valence-electron chi connectivity index (χ2n) is 5.84. The van der Waals surface area contributed by atoms with E-state index in [1.54, 1.807) is 0 Å². The summed E-state index contributed by atoms with van der Waals surface area (Å²) in [5, 5.41) is 7.54. The van der Waals surface area contributed by atoms with Crippen LogP contribution in [-0.2, 0) is 16.0 Å². The van der Waals surface area contributed by atoms with Crippen molar-refractivity contribution in [1.82, 2.24) is 15.6 Å². The van der Waals surface area contributed by atoms with Gasteiger partial charge in [-0.3, -0.25) is 4.79 Å². The quantitative estimate of drug-likeness (QED) is 0.781. The van der Waals surface area contributed by atoms with Crippen LogP contribution >= 0.6 is 12.4 Å². The van der Waals surface area contributed by atoms with Crippen LogP contribution in [0.25, 0.3) is 10.9 Å². The molecule has 1 saturated heterocycles. The second-order valence-corrected chi connectivity index (χ2v) is 5.84. The molecule has 1 unspecified atom stereocenters. The van der Waals surface area contributed by atoms with E-state index in [-0.39, 0.29) is 24.4 Å². The zero-order valence-corrected chi connectivity index (χ0v) is 14.2. The first-order valence-electron chi connectivity index (χ1n) is 7.87. The number of amides is 1. The Kier molecular flexibility index (Phi) is 6.45. The average Bonchev–Trinajstić information content (AvgIpc) is 2.93. The van der Waals surface area contributed by atoms with Gasteiger partial charge in [-0.1, -0.05) is 18.2 Å². The van der Waals surface area contributed by atoms with Crippen molar-refractivity contribution in [3.8, 4) is 0 Å². The smallest absolute Gasteiger partial charge is 0.221 e. The van der Waals surface area contributed by atoms with Crippen LogP contribution in [0.3, 0.4) is 0 Å². The summed E-state index contributed by atoms with van der Waals surface area (Å²) in [6.07, 6.45) is 3.36. The number of aromatic amines is 1. The highest BCUT2D eigenvalue weighted by Crippen LogP contribution is 2.21. The van der Waals surface area contributed by atoms with Gasteiger partial charge in [-0.2, -0.15) is 0 Å². The van der Waals surface area contributed by atoms with Gasteiger partial charge in [-0.05, 0) is 24.5 Å². The Labute approximate surface area is 142 Å². The lowest BCUT2D eigenvalue weighted by molar-refractivity contribution is -0.122. The molecule has 0 radical (unpaired) electrons. The highest BCUT2D eigenvalue weighted by atomic mass is 35.5. The zero-order valence-electron chi connectivity index (χ0n) is 13.4. The molecule has 0 bridgehead atoms. The molecule has 5 nitrogen and oxygen atoms in total. The van der Waals surface area contributed by atoms with Gasteiger partial charge in [0.15, 0.2) is 0 Å². The maximum atomic E-state index is 11.9. The maximum Gasteiger partial charge on any atom is 0.221 e. The van der Waals surface area contributed by atoms with Crippen molar-refractivity contribution in [3.63, 3.8) is 0 Å². The number of aryl methyl sites for hydroxylation is 1. The van der Waals surface area contributed by atoms with Gasteiger partial charge in [-0.15, -0.1) is 12.4 Å². The maximum absolute atomic E-state index is 11.9. The molecule has 0 saturated carbocycles. The molecule has 1 fully saturated rings. The largest absolute Gasteiger partial charge is 0.378 e. The number of nitrogens with one attached hydrogen (secondary N) is 3. The molecule has 23 heavy (non-hydrogen) atoms. The molecule has 126 valence electrons. The molecule has 3 rings (SSSR count). The zero-order chi connectivity index (χ0) is 15.4. The lowest BCUT2D eigenvalue weighted by Crippen LogP contribution is -2.44. The van der Waals surface area contributed by atoms with E-state index in [1.807, 2.05) is 6.20 Å². The topological polar surface area (TPSA) is 66.2 Å². The molecular formula is C17H24ClN3O2. The average molecular weight is 338 g/mol. The molecule has 2 aromatic rings. The molecule has 1 aromatic heterocycles. The Morgan fingerprint density at radius 2 is 2.30 bits per heavy atom. The van der Waals surface area contributed by atoms with Crippen molar-refractivity contribution in [2.45, 2.75) is 25.8 Å². The third-order valence-corrected chi connectivity index (χ3v) is 4.16. The Bertz CT molecular complexity index is 650. The monoisotopic (exact) mass is 337 g/mol. The Morgan fingerprint density at radius 3 is 3.09 bits per heavy atom. The van der Waals surface area contributed by atoms with Crippen molar-refractivity contribution >= 4 is 29.2 Å². The number of para-hydroxylation sites is 1. The van der Waals surface area contributed by atoms with Crippen molar-refractivity contribution < 1.29 is 9.53 Å². The minimum absolute atomic E-state index is 0. The van der Waals surface area contributed by atoms with E-state index in [1.165, 1.54) is 22.0 Å². The first-order valence-corrected chi connectivity index (χ1v) is 7.87. The summed E-state index contributed by atoms with van der Waals surface area (Å²) in [6, 6.07) is 6.44. The number of aromatic nitrogens is 1. The molecule has 6 heteroatoms. The van der Waals surface area contributed by atoms with Gasteiger partial charge in [0.1, 0.15) is 0 Å². The predicted molar refractivity (Wildman–Crippen MR) is 94.2 cm³/mol. The van der Waals surface area contributed by atoms with Crippen LogP contribution in [0.4, 0.5) is 0 Å². The molecular weight excluding hydrogens is 314 g/mol. The summed E-state index contributed by atoms with van der Waals surface area (Å²) in [6.45, 7) is 4.94. The van der Waals surface area contributed by atoms with Crippen LogP contribution in [-0.4, -0.2) is 43.2 Å². The van der Waals surface area contributed by atoms with Gasteiger partial charge in [0, 0.05) is 42.7 Å². The number of H-pyrrole nitrogens is 1. The first kappa shape index (κ1) is 17.8. The molecule has 0 aliphatic carbocycles. The van der Waals surface area contributed by atoms with E-state index >= 15 is 0 Å². The number of halogens is 1. The van der Waals surface area contributed by atoms with E-state index in [0.717, 1.165) is 19.6 Å². The summed E-state index contributed by atoms with van der Waals surface area (Å²) in [5.41, 5.74) is 3.68. The highest BCUT2D eigenvalue weighted by Gasteiger charge is 2.16. The fourth-order valence-corrected chi connectivity index (χ4v) is 2.95. The number of hydrogen-bond donors (Lipinski definition) is 3. The number of carbonyl (C=O) groups is 1. The highest BCUT2D eigenvalue weighted by molar-refractivity contribution is 5.86. The summed E-state index contributed by atoms with van der Waals surface area (Å²) in [7, 11) is 0. The third kappa shape index (κ3) is 4.47. The van der Waals surface area contributed by atoms with Gasteiger partial charge >= 0.3 is 0 Å². The van der Waals surface area contributed by atoms with Crippen molar-refractivity contribution in [1.29, 1.82) is 0 Å². The minimum Gasteiger partial charge on any atom is -0.378 e. The van der Waals surface area contributed by atoms with Crippen molar-refractivity contribution in [2.75, 3.05) is 26.3 Å². The molecule has 1 atom stereocenters. The fraction of sp³-hybridized carbons (Fsp3) is 0.471. The van der Waals surface area contributed by atoms with E-state index in [0.29, 0.717) is 19.6 Å². The number of ether oxygens (including phenoxy) is 1. The van der Waals surface area contributed by atoms with Crippen LogP contribution in [0.1, 0.15) is 17.5 Å². The van der Waals surface area contributed by atoms with Gasteiger partial charge in [0.2, 0.25) is 5.91 Å². The van der Waals surface area contributed by atoms with Gasteiger partial charge in [-0.25, -0.2) is 0 Å². The molecule has 1 aliphatic heterocycles. The predicted octanol–water partition coefficient (Wildman–Crippen LogP) is 1.94. The van der Waals surface area contributed by atoms with Crippen LogP contribution in [0.2, 0.25) is 0 Å². The number of morpholine rings is 1. The summed E-state index contributed by atoms with van der Waals surface area (Å²) in [4.78, 5) is 15.3. The van der Waals surface area contributed by atoms with E-state index in [2.05, 4.69) is 40.7 Å². The Morgan fingerprint density at radius 1 is 1.43 bits per heavy atom. The Hall–Kier alpha value is -1.56. The van der Waals surface area contributed by atoms with Crippen LogP contribution < -0.4 is 10.6 Å². The van der Waals surface area contributed by atoms with Gasteiger partial charge < -0.3 is 20.4 Å². The number of carbonyl (C=O) groups excluding carboxylic acids is 1. The van der Waals surface area contributed by atoms with E-state index in [9.17, 15) is 4.79 Å². The number of hydrogen-bond acceptors (Lipinski definition) is 3. The molecule has 0 spiro atoms. The van der Waals surface area contributed by atoms with E-state index in [4.69, 9.17) is 4.74 Å². The molecule has 2 heterocycles. The summed E-state index contributed by atoms with van der Waals surface area (Å²) >= 11 is 0. The molecule has 3 N–H and O–H groups in total. The molecule has 1 aliphatic rings. The van der Waals surface area contributed by atoms with Crippen LogP contribution in [0, 0.1) is 6.92 Å². The van der Waals surface area contributed by atoms with Gasteiger partial charge in [0.05, 0.1) is 13.2 Å². The number of fused-ring (bicyclic) bond motifs is 1. The lowest BCUT2D eigenvalue weighted by Gasteiger charge is -2.23. The first-order chi connectivity index (χ1) is 10.7. The summed E-state index contributed by atoms with van der Waals surface area (Å²) in [5.74, 6) is 0.0824. The number of rotatable bonds is 5. The number of benzene rings is 1. The molecule has 1 amide bonds. The standard InChI is InChI=1S/C17H23N3O2.ClH/c1-12-3-2-4-15-13(10-20-17(12)15)5-6-19-16(21)9-14-11-22-8-7-18-14;/h2-4,10,14,18,20H,5-9,11H2,1H3,(H,19,21);1H. The van der Waals surface area contributed by atoms with E-state index < -0.39 is 0 Å². The van der Waals surface area contributed by atoms with Crippen LogP contribution in [0.15, 0.2) is 24.4 Å². The molecule has 1 aromatic carbocycles. The van der Waals surface area contributed by atoms with Crippen molar-refractivity contribution in [2.24, 2.45) is 0 Å². The van der Waals surface area contributed by atoms with Gasteiger partial charge in [0.25, 0.3) is 0 Å². The minimum atomic E-state index is 0. The fourth-order valence-electron chi connectivity index (χ4n) is 2.95. The normalized spacial score (nSPS) is 17.7. The SMILES string of the molecule is Cc1cccc2c(CCNC(=O)CC3COCCN3)c[nH]c12.Cl. The third-order valence-electron chi connectivity index (χ3n) is 4.16. The Balaban J connectivity index is 0.00000192. The second kappa shape index (κ2) is 8.34. The lowest BCUT2D eigenvalue weighted by atomic mass is 10.1.